The van der Waals surface area contributed by atoms with E-state index in [9.17, 15) is 0 Å². The molecular formula is C12H16NO. The van der Waals surface area contributed by atoms with Gasteiger partial charge in [0.15, 0.2) is 0 Å². The molecule has 0 fully saturated rings. The zero-order chi connectivity index (χ0) is 10.1. The summed E-state index contributed by atoms with van der Waals surface area (Å²) in [4.78, 5) is 5.06. The Morgan fingerprint density at radius 1 is 1.57 bits per heavy atom. The molecule has 0 saturated heterocycles. The van der Waals surface area contributed by atoms with Crippen LogP contribution in [-0.2, 0) is 11.3 Å². The highest BCUT2D eigenvalue weighted by molar-refractivity contribution is 5.60. The van der Waals surface area contributed by atoms with Crippen molar-refractivity contribution in [2.45, 2.75) is 26.2 Å². The fourth-order valence-corrected chi connectivity index (χ4v) is 1.01. The van der Waals surface area contributed by atoms with Gasteiger partial charge >= 0.3 is 0 Å². The third kappa shape index (κ3) is 4.65. The van der Waals surface area contributed by atoms with Crippen molar-refractivity contribution in [2.24, 2.45) is 5.16 Å². The van der Waals surface area contributed by atoms with E-state index < -0.39 is 0 Å². The number of oxime groups is 1. The van der Waals surface area contributed by atoms with Gasteiger partial charge in [0, 0.05) is 12.6 Å². The topological polar surface area (TPSA) is 21.6 Å². The molecule has 0 amide bonds. The maximum absolute atomic E-state index is 5.06. The van der Waals surface area contributed by atoms with Crippen molar-refractivity contribution in [3.05, 3.63) is 35.9 Å². The van der Waals surface area contributed by atoms with Crippen LogP contribution in [-0.4, -0.2) is 12.8 Å². The van der Waals surface area contributed by atoms with Crippen molar-refractivity contribution in [2.75, 3.05) is 6.61 Å². The molecule has 0 bridgehead atoms. The highest BCUT2D eigenvalue weighted by Crippen LogP contribution is 1.97. The minimum Gasteiger partial charge on any atom is -0.396 e. The Kier molecular flexibility index (Phi) is 5.48. The summed E-state index contributed by atoms with van der Waals surface area (Å²) in [5.41, 5.74) is 1.20. The molecular weight excluding hydrogens is 174 g/mol. The summed E-state index contributed by atoms with van der Waals surface area (Å²) in [7, 11) is 0. The number of benzene rings is 1. The SMILES string of the molecule is CCCCON=CCc1c[c]ccc1. The van der Waals surface area contributed by atoms with Gasteiger partial charge in [0.05, 0.1) is 0 Å². The molecule has 1 radical (unpaired) electrons. The molecule has 0 aliphatic rings. The Hall–Kier alpha value is -1.31. The highest BCUT2D eigenvalue weighted by Gasteiger charge is 1.87. The van der Waals surface area contributed by atoms with Gasteiger partial charge in [0.2, 0.25) is 0 Å². The van der Waals surface area contributed by atoms with Crippen LogP contribution in [0.25, 0.3) is 0 Å². The van der Waals surface area contributed by atoms with Gasteiger partial charge in [-0.25, -0.2) is 0 Å². The molecule has 0 heterocycles. The average Bonchev–Trinajstić information content (AvgIpc) is 2.25. The van der Waals surface area contributed by atoms with Crippen LogP contribution in [0.3, 0.4) is 0 Å². The quantitative estimate of drug-likeness (QED) is 0.384. The zero-order valence-corrected chi connectivity index (χ0v) is 8.57. The Morgan fingerprint density at radius 2 is 2.50 bits per heavy atom. The normalized spacial score (nSPS) is 10.6. The van der Waals surface area contributed by atoms with E-state index in [4.69, 9.17) is 4.84 Å². The monoisotopic (exact) mass is 190 g/mol. The first-order valence-corrected chi connectivity index (χ1v) is 5.02. The van der Waals surface area contributed by atoms with Crippen molar-refractivity contribution in [1.29, 1.82) is 0 Å². The lowest BCUT2D eigenvalue weighted by molar-refractivity contribution is 0.142. The largest absolute Gasteiger partial charge is 0.396 e. The van der Waals surface area contributed by atoms with Crippen LogP contribution < -0.4 is 0 Å². The summed E-state index contributed by atoms with van der Waals surface area (Å²) < 4.78 is 0. The maximum Gasteiger partial charge on any atom is 0.117 e. The predicted octanol–water partition coefficient (Wildman–Crippen LogP) is 2.83. The number of hydrogen-bond acceptors (Lipinski definition) is 2. The second-order valence-electron chi connectivity index (χ2n) is 3.09. The van der Waals surface area contributed by atoms with Gasteiger partial charge in [-0.3, -0.25) is 0 Å². The van der Waals surface area contributed by atoms with Gasteiger partial charge in [-0.1, -0.05) is 42.8 Å². The van der Waals surface area contributed by atoms with Gasteiger partial charge in [-0.2, -0.15) is 0 Å². The van der Waals surface area contributed by atoms with E-state index in [1.54, 1.807) is 6.21 Å². The molecule has 0 spiro atoms. The van der Waals surface area contributed by atoms with E-state index in [-0.39, 0.29) is 0 Å². The zero-order valence-electron chi connectivity index (χ0n) is 8.57. The molecule has 2 heteroatoms. The van der Waals surface area contributed by atoms with Gasteiger partial charge in [-0.15, -0.1) is 0 Å². The molecule has 1 aromatic carbocycles. The fourth-order valence-electron chi connectivity index (χ4n) is 1.01. The summed E-state index contributed by atoms with van der Waals surface area (Å²) in [5, 5.41) is 3.87. The van der Waals surface area contributed by atoms with Crippen LogP contribution in [0.1, 0.15) is 25.3 Å². The van der Waals surface area contributed by atoms with E-state index in [1.807, 2.05) is 18.2 Å². The molecule has 0 aliphatic carbocycles. The van der Waals surface area contributed by atoms with Crippen LogP contribution in [0.2, 0.25) is 0 Å². The summed E-state index contributed by atoms with van der Waals surface area (Å²) >= 11 is 0. The molecule has 2 nitrogen and oxygen atoms in total. The van der Waals surface area contributed by atoms with E-state index >= 15 is 0 Å². The second kappa shape index (κ2) is 7.13. The van der Waals surface area contributed by atoms with Crippen molar-refractivity contribution >= 4 is 6.21 Å². The molecule has 0 saturated carbocycles. The van der Waals surface area contributed by atoms with E-state index in [2.05, 4.69) is 24.2 Å². The third-order valence-electron chi connectivity index (χ3n) is 1.84. The lowest BCUT2D eigenvalue weighted by Crippen LogP contribution is -1.89. The molecule has 0 atom stereocenters. The number of rotatable bonds is 6. The predicted molar refractivity (Wildman–Crippen MR) is 58.3 cm³/mol. The summed E-state index contributed by atoms with van der Waals surface area (Å²) in [6.45, 7) is 2.85. The Morgan fingerprint density at radius 3 is 3.21 bits per heavy atom. The minimum absolute atomic E-state index is 0.716. The molecule has 14 heavy (non-hydrogen) atoms. The molecule has 1 aromatic rings. The Balaban J connectivity index is 2.14. The third-order valence-corrected chi connectivity index (χ3v) is 1.84. The smallest absolute Gasteiger partial charge is 0.117 e. The lowest BCUT2D eigenvalue weighted by atomic mass is 10.2. The standard InChI is InChI=1S/C12H16NO/c1-2-3-11-14-13-10-9-12-7-5-4-6-8-12/h4-5,7-8,10H,2-3,9,11H2,1H3. The van der Waals surface area contributed by atoms with Gasteiger partial charge in [-0.05, 0) is 18.1 Å². The van der Waals surface area contributed by atoms with E-state index in [1.165, 1.54) is 5.56 Å². The van der Waals surface area contributed by atoms with E-state index in [0.29, 0.717) is 6.61 Å². The van der Waals surface area contributed by atoms with Gasteiger partial charge in [0.25, 0.3) is 0 Å². The van der Waals surface area contributed by atoms with Gasteiger partial charge < -0.3 is 4.84 Å². The maximum atomic E-state index is 5.06. The molecule has 1 rings (SSSR count). The van der Waals surface area contributed by atoms with Gasteiger partial charge in [0.1, 0.15) is 6.61 Å². The fraction of sp³-hybridized carbons (Fsp3) is 0.417. The van der Waals surface area contributed by atoms with Crippen LogP contribution in [0.4, 0.5) is 0 Å². The van der Waals surface area contributed by atoms with Crippen molar-refractivity contribution in [3.63, 3.8) is 0 Å². The molecule has 0 aliphatic heterocycles. The van der Waals surface area contributed by atoms with Crippen molar-refractivity contribution < 1.29 is 4.84 Å². The minimum atomic E-state index is 0.716. The average molecular weight is 190 g/mol. The first-order chi connectivity index (χ1) is 6.93. The van der Waals surface area contributed by atoms with E-state index in [0.717, 1.165) is 19.3 Å². The Bertz CT molecular complexity index is 256. The number of nitrogens with zero attached hydrogens (tertiary/aromatic N) is 1. The number of unbranched alkanes of at least 4 members (excludes halogenated alkanes) is 1. The molecule has 0 unspecified atom stereocenters. The highest BCUT2D eigenvalue weighted by atomic mass is 16.6. The second-order valence-corrected chi connectivity index (χ2v) is 3.09. The van der Waals surface area contributed by atoms with Crippen LogP contribution >= 0.6 is 0 Å². The summed E-state index contributed by atoms with van der Waals surface area (Å²) in [6.07, 6.45) is 4.81. The molecule has 0 N–H and O–H groups in total. The van der Waals surface area contributed by atoms with Crippen molar-refractivity contribution in [3.8, 4) is 0 Å². The summed E-state index contributed by atoms with van der Waals surface area (Å²) in [5.74, 6) is 0. The van der Waals surface area contributed by atoms with Crippen LogP contribution in [0.5, 0.6) is 0 Å². The van der Waals surface area contributed by atoms with Crippen LogP contribution in [0.15, 0.2) is 29.4 Å². The molecule has 0 aromatic heterocycles. The first kappa shape index (κ1) is 10.8. The number of hydrogen-bond donors (Lipinski definition) is 0. The molecule has 75 valence electrons. The summed E-state index contributed by atoms with van der Waals surface area (Å²) in [6, 6.07) is 10.9. The first-order valence-electron chi connectivity index (χ1n) is 5.02. The van der Waals surface area contributed by atoms with Crippen LogP contribution in [0, 0.1) is 6.07 Å². The Labute approximate surface area is 85.6 Å². The van der Waals surface area contributed by atoms with Crippen molar-refractivity contribution in [1.82, 2.24) is 0 Å². The lowest BCUT2D eigenvalue weighted by Gasteiger charge is -1.96.